The van der Waals surface area contributed by atoms with E-state index >= 15 is 0 Å². The summed E-state index contributed by atoms with van der Waals surface area (Å²) in [6.07, 6.45) is 4.98. The van der Waals surface area contributed by atoms with Gasteiger partial charge in [-0.3, -0.25) is 9.78 Å². The molecular weight excluding hydrogens is 256 g/mol. The fourth-order valence-electron chi connectivity index (χ4n) is 2.48. The summed E-state index contributed by atoms with van der Waals surface area (Å²) in [7, 11) is 0. The molecule has 1 aliphatic heterocycles. The first-order chi connectivity index (χ1) is 9.74. The van der Waals surface area contributed by atoms with Gasteiger partial charge in [-0.2, -0.15) is 4.98 Å². The number of pyridine rings is 1. The van der Waals surface area contributed by atoms with Crippen LogP contribution in [0, 0.1) is 6.92 Å². The van der Waals surface area contributed by atoms with Crippen molar-refractivity contribution in [3.05, 3.63) is 41.8 Å². The van der Waals surface area contributed by atoms with Gasteiger partial charge in [0.05, 0.1) is 5.56 Å². The molecule has 0 atom stereocenters. The largest absolute Gasteiger partial charge is 0.339 e. The maximum absolute atomic E-state index is 12.3. The first-order valence-electron chi connectivity index (χ1n) is 6.73. The van der Waals surface area contributed by atoms with Crippen molar-refractivity contribution in [1.82, 2.24) is 20.0 Å². The third-order valence-corrected chi connectivity index (χ3v) is 3.58. The molecule has 0 radical (unpaired) electrons. The van der Waals surface area contributed by atoms with E-state index in [-0.39, 0.29) is 11.8 Å². The van der Waals surface area contributed by atoms with Crippen LogP contribution in [0.2, 0.25) is 0 Å². The first-order valence-corrected chi connectivity index (χ1v) is 6.73. The second-order valence-electron chi connectivity index (χ2n) is 4.99. The maximum Gasteiger partial charge on any atom is 0.255 e. The zero-order chi connectivity index (χ0) is 13.9. The predicted molar refractivity (Wildman–Crippen MR) is 71.2 cm³/mol. The van der Waals surface area contributed by atoms with E-state index in [1.54, 1.807) is 24.5 Å². The summed E-state index contributed by atoms with van der Waals surface area (Å²) in [6.45, 7) is 3.23. The Kier molecular flexibility index (Phi) is 3.45. The van der Waals surface area contributed by atoms with Gasteiger partial charge in [0.1, 0.15) is 0 Å². The van der Waals surface area contributed by atoms with Gasteiger partial charge in [-0.05, 0) is 31.9 Å². The number of carbonyl (C=O) groups is 1. The minimum Gasteiger partial charge on any atom is -0.339 e. The van der Waals surface area contributed by atoms with Crippen LogP contribution in [0.1, 0.15) is 40.8 Å². The number of amides is 1. The normalized spacial score (nSPS) is 16.4. The van der Waals surface area contributed by atoms with Crippen molar-refractivity contribution in [2.45, 2.75) is 25.7 Å². The highest BCUT2D eigenvalue weighted by atomic mass is 16.5. The molecule has 0 saturated carbocycles. The van der Waals surface area contributed by atoms with E-state index in [1.807, 2.05) is 11.8 Å². The van der Waals surface area contributed by atoms with Crippen molar-refractivity contribution in [3.8, 4) is 0 Å². The first kappa shape index (κ1) is 12.8. The highest BCUT2D eigenvalue weighted by Gasteiger charge is 2.27. The van der Waals surface area contributed by atoms with Crippen LogP contribution in [-0.4, -0.2) is 39.0 Å². The number of aryl methyl sites for hydroxylation is 1. The maximum atomic E-state index is 12.3. The van der Waals surface area contributed by atoms with Crippen molar-refractivity contribution >= 4 is 5.91 Å². The van der Waals surface area contributed by atoms with Crippen LogP contribution in [0.5, 0.6) is 0 Å². The summed E-state index contributed by atoms with van der Waals surface area (Å²) in [5.74, 6) is 1.65. The van der Waals surface area contributed by atoms with Crippen LogP contribution in [0.25, 0.3) is 0 Å². The van der Waals surface area contributed by atoms with Gasteiger partial charge in [-0.25, -0.2) is 0 Å². The number of piperidine rings is 1. The molecule has 3 rings (SSSR count). The lowest BCUT2D eigenvalue weighted by molar-refractivity contribution is 0.0704. The molecule has 104 valence electrons. The van der Waals surface area contributed by atoms with E-state index in [0.29, 0.717) is 30.4 Å². The Morgan fingerprint density at radius 1 is 1.40 bits per heavy atom. The predicted octanol–water partition coefficient (Wildman–Crippen LogP) is 1.79. The molecule has 1 aliphatic rings. The summed E-state index contributed by atoms with van der Waals surface area (Å²) >= 11 is 0. The Morgan fingerprint density at radius 3 is 2.80 bits per heavy atom. The number of carbonyl (C=O) groups excluding carboxylic acids is 1. The monoisotopic (exact) mass is 272 g/mol. The number of aromatic nitrogens is 3. The zero-order valence-corrected chi connectivity index (χ0v) is 11.3. The van der Waals surface area contributed by atoms with Crippen LogP contribution < -0.4 is 0 Å². The minimum atomic E-state index is 0.0401. The van der Waals surface area contributed by atoms with Gasteiger partial charge in [-0.15, -0.1) is 0 Å². The van der Waals surface area contributed by atoms with Crippen molar-refractivity contribution in [2.75, 3.05) is 13.1 Å². The van der Waals surface area contributed by atoms with Gasteiger partial charge in [0, 0.05) is 31.4 Å². The molecule has 0 aromatic carbocycles. The molecule has 1 fully saturated rings. The molecular formula is C14H16N4O2. The Balaban J connectivity index is 1.63. The van der Waals surface area contributed by atoms with E-state index in [2.05, 4.69) is 15.1 Å². The minimum absolute atomic E-state index is 0.0401. The summed E-state index contributed by atoms with van der Waals surface area (Å²) in [4.78, 5) is 22.4. The van der Waals surface area contributed by atoms with Crippen LogP contribution in [0.15, 0.2) is 29.0 Å². The summed E-state index contributed by atoms with van der Waals surface area (Å²) in [5, 5.41) is 3.82. The van der Waals surface area contributed by atoms with E-state index < -0.39 is 0 Å². The van der Waals surface area contributed by atoms with Crippen molar-refractivity contribution in [1.29, 1.82) is 0 Å². The number of rotatable bonds is 2. The third kappa shape index (κ3) is 2.54. The molecule has 20 heavy (non-hydrogen) atoms. The van der Waals surface area contributed by atoms with Gasteiger partial charge < -0.3 is 9.42 Å². The Morgan fingerprint density at radius 2 is 2.20 bits per heavy atom. The van der Waals surface area contributed by atoms with E-state index in [9.17, 15) is 4.79 Å². The van der Waals surface area contributed by atoms with Gasteiger partial charge in [0.15, 0.2) is 5.82 Å². The van der Waals surface area contributed by atoms with Crippen molar-refractivity contribution in [2.24, 2.45) is 0 Å². The SMILES string of the molecule is Cc1noc(C2CCN(C(=O)c3cccnc3)CC2)n1. The molecule has 0 aliphatic carbocycles. The smallest absolute Gasteiger partial charge is 0.255 e. The topological polar surface area (TPSA) is 72.1 Å². The lowest BCUT2D eigenvalue weighted by atomic mass is 9.96. The van der Waals surface area contributed by atoms with Crippen LogP contribution in [0.3, 0.4) is 0 Å². The fraction of sp³-hybridized carbons (Fsp3) is 0.429. The summed E-state index contributed by atoms with van der Waals surface area (Å²) in [6, 6.07) is 3.57. The molecule has 0 N–H and O–H groups in total. The Bertz CT molecular complexity index is 588. The Hall–Kier alpha value is -2.24. The van der Waals surface area contributed by atoms with E-state index in [1.165, 1.54) is 0 Å². The molecule has 6 nitrogen and oxygen atoms in total. The van der Waals surface area contributed by atoms with Crippen LogP contribution in [0.4, 0.5) is 0 Å². The highest BCUT2D eigenvalue weighted by Crippen LogP contribution is 2.27. The van der Waals surface area contributed by atoms with Crippen molar-refractivity contribution < 1.29 is 9.32 Å². The second-order valence-corrected chi connectivity index (χ2v) is 4.99. The molecule has 1 saturated heterocycles. The standard InChI is InChI=1S/C14H16N4O2/c1-10-16-13(20-17-10)11-4-7-18(8-5-11)14(19)12-3-2-6-15-9-12/h2-3,6,9,11H,4-5,7-8H2,1H3. The van der Waals surface area contributed by atoms with E-state index in [4.69, 9.17) is 4.52 Å². The lowest BCUT2D eigenvalue weighted by Gasteiger charge is -2.30. The summed E-state index contributed by atoms with van der Waals surface area (Å²) < 4.78 is 5.21. The zero-order valence-electron chi connectivity index (χ0n) is 11.3. The molecule has 2 aromatic heterocycles. The average Bonchev–Trinajstić information content (AvgIpc) is 2.94. The summed E-state index contributed by atoms with van der Waals surface area (Å²) in [5.41, 5.74) is 0.639. The molecule has 2 aromatic rings. The molecule has 3 heterocycles. The van der Waals surface area contributed by atoms with E-state index in [0.717, 1.165) is 12.8 Å². The molecule has 0 unspecified atom stereocenters. The molecule has 0 bridgehead atoms. The fourth-order valence-corrected chi connectivity index (χ4v) is 2.48. The second kappa shape index (κ2) is 5.40. The van der Waals surface area contributed by atoms with Crippen molar-refractivity contribution in [3.63, 3.8) is 0 Å². The molecule has 6 heteroatoms. The molecule has 1 amide bonds. The van der Waals surface area contributed by atoms with Gasteiger partial charge in [0.25, 0.3) is 5.91 Å². The number of likely N-dealkylation sites (tertiary alicyclic amines) is 1. The van der Waals surface area contributed by atoms with Gasteiger partial charge in [-0.1, -0.05) is 5.16 Å². The quantitative estimate of drug-likeness (QED) is 0.833. The average molecular weight is 272 g/mol. The number of hydrogen-bond acceptors (Lipinski definition) is 5. The number of nitrogens with zero attached hydrogens (tertiary/aromatic N) is 4. The highest BCUT2D eigenvalue weighted by molar-refractivity contribution is 5.93. The molecule has 0 spiro atoms. The Labute approximate surface area is 116 Å². The lowest BCUT2D eigenvalue weighted by Crippen LogP contribution is -2.38. The van der Waals surface area contributed by atoms with Crippen LogP contribution >= 0.6 is 0 Å². The number of hydrogen-bond donors (Lipinski definition) is 0. The van der Waals surface area contributed by atoms with Gasteiger partial charge >= 0.3 is 0 Å². The third-order valence-electron chi connectivity index (χ3n) is 3.58. The van der Waals surface area contributed by atoms with Crippen LogP contribution in [-0.2, 0) is 0 Å². The van der Waals surface area contributed by atoms with Gasteiger partial charge in [0.2, 0.25) is 5.89 Å².